The lowest BCUT2D eigenvalue weighted by Gasteiger charge is -2.69. The Balaban J connectivity index is 3.59. The second kappa shape index (κ2) is 5.88. The molecule has 0 amide bonds. The van der Waals surface area contributed by atoms with Crippen molar-refractivity contribution in [1.82, 2.24) is 0 Å². The third kappa shape index (κ3) is 1.98. The van der Waals surface area contributed by atoms with E-state index in [1.807, 2.05) is 0 Å². The minimum atomic E-state index is -9.64. The average molecular weight is 562 g/mol. The van der Waals surface area contributed by atoms with Crippen LogP contribution in [0.3, 0.4) is 0 Å². The lowest BCUT2D eigenvalue weighted by molar-refractivity contribution is -0.620. The molecule has 0 aromatic carbocycles. The molecule has 2 rings (SSSR count). The van der Waals surface area contributed by atoms with E-state index in [2.05, 4.69) is 0 Å². The van der Waals surface area contributed by atoms with Crippen LogP contribution < -0.4 is 0 Å². The molecule has 2 fully saturated rings. The molecule has 0 heterocycles. The van der Waals surface area contributed by atoms with Gasteiger partial charge in [-0.2, -0.15) is 65.9 Å². The smallest absolute Gasteiger partial charge is 0.223 e. The standard InChI is InChI=1S/C12F22/c13-3-5(16,17)1(10(26,27)28,7(20,21)9(24,25)8(3,22)23)4(14,15)2(6(3,18)19,11(29,30)31)12(32,33)34. The summed E-state index contributed by atoms with van der Waals surface area (Å²) < 4.78 is 301. The quantitative estimate of drug-likeness (QED) is 0.275. The number of hydrogen-bond donors (Lipinski definition) is 0. The maximum atomic E-state index is 14.6. The van der Waals surface area contributed by atoms with Gasteiger partial charge in [0.15, 0.2) is 0 Å². The van der Waals surface area contributed by atoms with Crippen molar-refractivity contribution >= 4 is 0 Å². The summed E-state index contributed by atoms with van der Waals surface area (Å²) in [6, 6.07) is 0. The van der Waals surface area contributed by atoms with Crippen LogP contribution in [0.25, 0.3) is 0 Å². The molecule has 2 bridgehead atoms. The predicted molar refractivity (Wildman–Crippen MR) is 56.6 cm³/mol. The highest BCUT2D eigenvalue weighted by atomic mass is 19.4. The summed E-state index contributed by atoms with van der Waals surface area (Å²) in [5.41, 5.74) is -28.2. The number of hydrogen-bond acceptors (Lipinski definition) is 0. The van der Waals surface area contributed by atoms with Gasteiger partial charge in [-0.05, 0) is 0 Å². The molecule has 2 atom stereocenters. The highest BCUT2D eigenvalue weighted by Crippen LogP contribution is 2.89. The predicted octanol–water partition coefficient (Wildman–Crippen LogP) is 7.19. The molecule has 0 nitrogen and oxygen atoms in total. The first kappa shape index (κ1) is 28.7. The Bertz CT molecular complexity index is 852. The van der Waals surface area contributed by atoms with E-state index in [1.165, 1.54) is 0 Å². The molecule has 0 saturated heterocycles. The van der Waals surface area contributed by atoms with E-state index in [1.54, 1.807) is 0 Å². The largest absolute Gasteiger partial charge is 0.415 e. The molecule has 2 saturated carbocycles. The summed E-state index contributed by atoms with van der Waals surface area (Å²) in [5, 5.41) is 0. The van der Waals surface area contributed by atoms with Crippen molar-refractivity contribution < 1.29 is 96.6 Å². The third-order valence-corrected chi connectivity index (χ3v) is 5.72. The van der Waals surface area contributed by atoms with E-state index in [9.17, 15) is 96.6 Å². The molecule has 0 radical (unpaired) electrons. The van der Waals surface area contributed by atoms with Crippen molar-refractivity contribution in [1.29, 1.82) is 0 Å². The van der Waals surface area contributed by atoms with Gasteiger partial charge in [0.1, 0.15) is 0 Å². The lowest BCUT2D eigenvalue weighted by atomic mass is 9.42. The van der Waals surface area contributed by atoms with Gasteiger partial charge in [0.05, 0.1) is 0 Å². The highest BCUT2D eigenvalue weighted by Gasteiger charge is 3.20. The zero-order chi connectivity index (χ0) is 28.0. The number of rotatable bonds is 0. The monoisotopic (exact) mass is 562 g/mol. The van der Waals surface area contributed by atoms with Gasteiger partial charge in [-0.3, -0.25) is 0 Å². The lowest BCUT2D eigenvalue weighted by Crippen LogP contribution is -3.00. The Kier molecular flexibility index (Phi) is 4.96. The van der Waals surface area contributed by atoms with E-state index in [0.29, 0.717) is 0 Å². The van der Waals surface area contributed by atoms with Crippen LogP contribution in [0.4, 0.5) is 96.6 Å². The SMILES string of the molecule is FC(F)(F)C1(C(F)(F)F)C(F)(F)C2(F)C(F)(F)C(F)(F)C(F)(F)C(C(F)(F)F)(C2(F)F)C1(F)F. The maximum Gasteiger partial charge on any atom is 0.415 e. The molecular weight excluding hydrogens is 562 g/mol. The Hall–Kier alpha value is -1.54. The van der Waals surface area contributed by atoms with Crippen molar-refractivity contribution in [3.8, 4) is 0 Å². The van der Waals surface area contributed by atoms with Crippen LogP contribution in [0.15, 0.2) is 0 Å². The van der Waals surface area contributed by atoms with Gasteiger partial charge in [0.2, 0.25) is 0 Å². The first-order valence-electron chi connectivity index (χ1n) is 7.41. The van der Waals surface area contributed by atoms with E-state index in [4.69, 9.17) is 0 Å². The molecule has 0 aliphatic heterocycles. The highest BCUT2D eigenvalue weighted by molar-refractivity contribution is 5.44. The van der Waals surface area contributed by atoms with Crippen molar-refractivity contribution in [2.45, 2.75) is 59.7 Å². The van der Waals surface area contributed by atoms with Crippen molar-refractivity contribution in [2.24, 2.45) is 10.8 Å². The molecule has 2 aliphatic rings. The van der Waals surface area contributed by atoms with Gasteiger partial charge in [0.25, 0.3) is 10.8 Å². The summed E-state index contributed by atoms with van der Waals surface area (Å²) in [4.78, 5) is 0. The first-order chi connectivity index (χ1) is 14.2. The first-order valence-corrected chi connectivity index (χ1v) is 7.41. The Morgan fingerprint density at radius 2 is 0.618 bits per heavy atom. The molecule has 202 valence electrons. The van der Waals surface area contributed by atoms with Gasteiger partial charge in [0, 0.05) is 0 Å². The Morgan fingerprint density at radius 1 is 0.294 bits per heavy atom. The van der Waals surface area contributed by atoms with Crippen molar-refractivity contribution in [3.63, 3.8) is 0 Å². The van der Waals surface area contributed by atoms with E-state index in [0.717, 1.165) is 0 Å². The Morgan fingerprint density at radius 3 is 0.882 bits per heavy atom. The molecule has 0 N–H and O–H groups in total. The molecule has 2 aliphatic carbocycles. The zero-order valence-corrected chi connectivity index (χ0v) is 14.3. The van der Waals surface area contributed by atoms with Crippen LogP contribution in [0.1, 0.15) is 0 Å². The number of fused-ring (bicyclic) bond motifs is 2. The summed E-state index contributed by atoms with van der Waals surface area (Å²) in [5.74, 6) is -55.2. The third-order valence-electron chi connectivity index (χ3n) is 5.72. The fourth-order valence-corrected chi connectivity index (χ4v) is 4.23. The fraction of sp³-hybridized carbons (Fsp3) is 1.00. The molecule has 0 spiro atoms. The normalized spacial score (nSPS) is 37.2. The number of halogens is 22. The van der Waals surface area contributed by atoms with Gasteiger partial charge in [-0.25, -0.2) is 30.7 Å². The van der Waals surface area contributed by atoms with Gasteiger partial charge in [-0.1, -0.05) is 0 Å². The van der Waals surface area contributed by atoms with Crippen LogP contribution in [-0.4, -0.2) is 59.7 Å². The summed E-state index contributed by atoms with van der Waals surface area (Å²) in [6.45, 7) is 0. The molecule has 22 heteroatoms. The van der Waals surface area contributed by atoms with E-state index < -0.39 is 70.6 Å². The van der Waals surface area contributed by atoms with Gasteiger partial charge < -0.3 is 0 Å². The van der Waals surface area contributed by atoms with E-state index in [-0.39, 0.29) is 0 Å². The van der Waals surface area contributed by atoms with Crippen LogP contribution in [0, 0.1) is 10.8 Å². The van der Waals surface area contributed by atoms with Gasteiger partial charge >= 0.3 is 59.7 Å². The second-order valence-corrected chi connectivity index (χ2v) is 7.10. The van der Waals surface area contributed by atoms with Crippen LogP contribution in [0.2, 0.25) is 0 Å². The summed E-state index contributed by atoms with van der Waals surface area (Å²) in [6.07, 6.45) is -27.0. The number of alkyl halides is 22. The summed E-state index contributed by atoms with van der Waals surface area (Å²) >= 11 is 0. The van der Waals surface area contributed by atoms with Crippen molar-refractivity contribution in [2.75, 3.05) is 0 Å². The second-order valence-electron chi connectivity index (χ2n) is 7.10. The van der Waals surface area contributed by atoms with Crippen LogP contribution in [0.5, 0.6) is 0 Å². The Labute approximate surface area is 168 Å². The van der Waals surface area contributed by atoms with Crippen molar-refractivity contribution in [3.05, 3.63) is 0 Å². The van der Waals surface area contributed by atoms with Gasteiger partial charge in [-0.15, -0.1) is 0 Å². The minimum absolute atomic E-state index is 8.80. The fourth-order valence-electron chi connectivity index (χ4n) is 4.23. The molecular formula is C12F22. The molecule has 0 aromatic rings. The van der Waals surface area contributed by atoms with Crippen LogP contribution in [-0.2, 0) is 0 Å². The zero-order valence-electron chi connectivity index (χ0n) is 14.3. The van der Waals surface area contributed by atoms with Crippen LogP contribution >= 0.6 is 0 Å². The van der Waals surface area contributed by atoms with E-state index >= 15 is 0 Å². The summed E-state index contributed by atoms with van der Waals surface area (Å²) in [7, 11) is 0. The molecule has 34 heavy (non-hydrogen) atoms. The topological polar surface area (TPSA) is 0 Å². The maximum absolute atomic E-state index is 14.6. The minimum Gasteiger partial charge on any atom is -0.223 e. The molecule has 0 aromatic heterocycles. The average Bonchev–Trinajstić information content (AvgIpc) is 2.45. The molecule has 2 unspecified atom stereocenters.